The second kappa shape index (κ2) is 4.91. The number of pyridine rings is 1. The van der Waals surface area contributed by atoms with Gasteiger partial charge >= 0.3 is 5.84 Å². The Morgan fingerprint density at radius 3 is 2.31 bits per heavy atom. The van der Waals surface area contributed by atoms with E-state index in [0.717, 1.165) is 0 Å². The van der Waals surface area contributed by atoms with Crippen LogP contribution < -0.4 is 10.3 Å². The summed E-state index contributed by atoms with van der Waals surface area (Å²) < 4.78 is 1.59. The highest BCUT2D eigenvalue weighted by Gasteiger charge is 2.23. The van der Waals surface area contributed by atoms with Gasteiger partial charge in [0, 0.05) is 17.8 Å². The van der Waals surface area contributed by atoms with E-state index in [2.05, 4.69) is 0 Å². The molecular weight excluding hydrogens is 216 g/mol. The number of rotatable bonds is 3. The zero-order valence-electron chi connectivity index (χ0n) is 8.28. The molecule has 0 aliphatic carbocycles. The van der Waals surface area contributed by atoms with Crippen LogP contribution in [-0.4, -0.2) is 15.7 Å². The van der Waals surface area contributed by atoms with Crippen molar-refractivity contribution in [2.24, 2.45) is 0 Å². The lowest BCUT2D eigenvalue weighted by Crippen LogP contribution is -2.36. The van der Waals surface area contributed by atoms with Crippen molar-refractivity contribution in [3.8, 4) is 0 Å². The van der Waals surface area contributed by atoms with E-state index in [1.165, 1.54) is 0 Å². The number of aryl methyl sites for hydroxylation is 1. The molecule has 0 bridgehead atoms. The largest absolute Gasteiger partial charge is 0.608 e. The summed E-state index contributed by atoms with van der Waals surface area (Å²) in [5.74, 6) is -0.913. The first-order valence-corrected chi connectivity index (χ1v) is 4.40. The van der Waals surface area contributed by atoms with Crippen LogP contribution in [0.2, 0.25) is 0 Å². The second-order valence-electron chi connectivity index (χ2n) is 3.05. The van der Waals surface area contributed by atoms with Gasteiger partial charge in [0.1, 0.15) is 4.92 Å². The van der Waals surface area contributed by atoms with Crippen LogP contribution >= 0.6 is 0 Å². The van der Waals surface area contributed by atoms with Crippen LogP contribution in [-0.2, 0) is 6.54 Å². The second-order valence-corrected chi connectivity index (χ2v) is 3.05. The zero-order chi connectivity index (χ0) is 12.1. The SMILES string of the molecule is Nc1cc[n+](CCC([N+](=O)[O-])=[N+]([O-])[O-])cc1. The fourth-order valence-corrected chi connectivity index (χ4v) is 1.10. The van der Waals surface area contributed by atoms with Crippen LogP contribution in [0.4, 0.5) is 5.69 Å². The van der Waals surface area contributed by atoms with Crippen molar-refractivity contribution < 1.29 is 14.4 Å². The van der Waals surface area contributed by atoms with Crippen molar-refractivity contribution in [2.45, 2.75) is 13.0 Å². The maximum absolute atomic E-state index is 10.3. The predicted octanol–water partition coefficient (Wildman–Crippen LogP) is -0.370. The van der Waals surface area contributed by atoms with E-state index in [9.17, 15) is 20.5 Å². The van der Waals surface area contributed by atoms with E-state index in [0.29, 0.717) is 5.69 Å². The molecule has 0 aliphatic heterocycles. The van der Waals surface area contributed by atoms with Crippen molar-refractivity contribution >= 4 is 11.5 Å². The molecule has 16 heavy (non-hydrogen) atoms. The van der Waals surface area contributed by atoms with Crippen molar-refractivity contribution in [3.63, 3.8) is 0 Å². The van der Waals surface area contributed by atoms with Gasteiger partial charge in [-0.2, -0.15) is 0 Å². The molecule has 0 aromatic carbocycles. The fraction of sp³-hybridized carbons (Fsp3) is 0.250. The minimum atomic E-state index is -0.974. The highest BCUT2D eigenvalue weighted by molar-refractivity contribution is 5.68. The van der Waals surface area contributed by atoms with Gasteiger partial charge in [-0.3, -0.25) is 10.1 Å². The van der Waals surface area contributed by atoms with Gasteiger partial charge in [0.25, 0.3) is 0 Å². The van der Waals surface area contributed by atoms with Gasteiger partial charge in [-0.15, -0.1) is 4.90 Å². The number of anilines is 1. The molecule has 0 radical (unpaired) electrons. The summed E-state index contributed by atoms with van der Waals surface area (Å²) in [5, 5.41) is 30.9. The number of amidine groups is 1. The molecule has 0 saturated heterocycles. The molecule has 0 fully saturated rings. The van der Waals surface area contributed by atoms with E-state index in [1.807, 2.05) is 0 Å². The number of hydrogen-bond donors (Lipinski definition) is 1. The van der Waals surface area contributed by atoms with Crippen molar-refractivity contribution in [1.29, 1.82) is 0 Å². The third-order valence-corrected chi connectivity index (χ3v) is 1.93. The molecule has 1 rings (SSSR count). The van der Waals surface area contributed by atoms with Crippen LogP contribution in [0.1, 0.15) is 6.42 Å². The lowest BCUT2D eigenvalue weighted by molar-refractivity contribution is -0.697. The first-order chi connectivity index (χ1) is 7.50. The summed E-state index contributed by atoms with van der Waals surface area (Å²) in [6.07, 6.45) is 2.97. The van der Waals surface area contributed by atoms with E-state index in [4.69, 9.17) is 5.73 Å². The standard InChI is InChI=1S/C8H9N4O4/c9-7-1-4-10(5-2-7)6-3-8(11(13)14)12(15)16/h1-2,4-5,9H,3,6H2/q-1/p+1. The molecule has 8 nitrogen and oxygen atoms in total. The summed E-state index contributed by atoms with van der Waals surface area (Å²) in [6, 6.07) is 3.22. The number of nitrogens with two attached hydrogens (primary N) is 1. The Labute approximate surface area is 90.6 Å². The Bertz CT molecular complexity index is 411. The van der Waals surface area contributed by atoms with Crippen molar-refractivity contribution in [1.82, 2.24) is 0 Å². The van der Waals surface area contributed by atoms with Gasteiger partial charge in [-0.1, -0.05) is 0 Å². The van der Waals surface area contributed by atoms with Crippen molar-refractivity contribution in [3.05, 3.63) is 45.1 Å². The summed E-state index contributed by atoms with van der Waals surface area (Å²) in [6.45, 7) is 0.164. The molecule has 0 atom stereocenters. The molecule has 2 N–H and O–H groups in total. The molecule has 86 valence electrons. The van der Waals surface area contributed by atoms with E-state index in [-0.39, 0.29) is 13.0 Å². The number of nitrogen functional groups attached to an aromatic ring is 1. The summed E-state index contributed by atoms with van der Waals surface area (Å²) in [5.41, 5.74) is 6.00. The lowest BCUT2D eigenvalue weighted by atomic mass is 10.3. The lowest BCUT2D eigenvalue weighted by Gasteiger charge is -2.02. The van der Waals surface area contributed by atoms with Crippen LogP contribution in [0.3, 0.4) is 0 Å². The zero-order valence-corrected chi connectivity index (χ0v) is 8.28. The summed E-state index contributed by atoms with van der Waals surface area (Å²) >= 11 is 0. The first-order valence-electron chi connectivity index (χ1n) is 4.40. The van der Waals surface area contributed by atoms with E-state index in [1.54, 1.807) is 29.1 Å². The summed E-state index contributed by atoms with van der Waals surface area (Å²) in [4.78, 5) is 8.37. The minimum absolute atomic E-state index is 0.164. The molecule has 1 aromatic heterocycles. The monoisotopic (exact) mass is 226 g/mol. The van der Waals surface area contributed by atoms with Crippen LogP contribution in [0, 0.1) is 20.5 Å². The Balaban J connectivity index is 2.67. The number of hydrogen-bond acceptors (Lipinski definition) is 5. The third-order valence-electron chi connectivity index (χ3n) is 1.93. The van der Waals surface area contributed by atoms with Crippen LogP contribution in [0.15, 0.2) is 24.5 Å². The molecule has 8 heteroatoms. The summed E-state index contributed by atoms with van der Waals surface area (Å²) in [7, 11) is 0. The average Bonchev–Trinajstić information content (AvgIpc) is 2.20. The molecule has 0 saturated carbocycles. The average molecular weight is 226 g/mol. The van der Waals surface area contributed by atoms with Crippen molar-refractivity contribution in [2.75, 3.05) is 5.73 Å². The molecule has 0 amide bonds. The maximum atomic E-state index is 10.3. The molecule has 1 heterocycles. The minimum Gasteiger partial charge on any atom is -0.608 e. The fourth-order valence-electron chi connectivity index (χ4n) is 1.10. The number of aromatic nitrogens is 1. The number of nitro groups is 1. The normalized spacial score (nSPS) is 9.75. The van der Waals surface area contributed by atoms with E-state index < -0.39 is 15.7 Å². The molecular formula is C8H10N4O4. The molecule has 0 unspecified atom stereocenters. The predicted molar refractivity (Wildman–Crippen MR) is 54.7 cm³/mol. The molecule has 1 aromatic rings. The van der Waals surface area contributed by atoms with E-state index >= 15 is 0 Å². The first kappa shape index (κ1) is 11.7. The highest BCUT2D eigenvalue weighted by atomic mass is 16.8. The van der Waals surface area contributed by atoms with Gasteiger partial charge < -0.3 is 16.1 Å². The molecule has 0 spiro atoms. The smallest absolute Gasteiger partial charge is 0.499 e. The van der Waals surface area contributed by atoms with Crippen LogP contribution in [0.5, 0.6) is 0 Å². The number of nitrogens with zero attached hydrogens (tertiary/aromatic N) is 3. The van der Waals surface area contributed by atoms with Crippen LogP contribution in [0.25, 0.3) is 0 Å². The van der Waals surface area contributed by atoms with Gasteiger partial charge in [0.15, 0.2) is 25.4 Å². The van der Waals surface area contributed by atoms with Gasteiger partial charge in [0.2, 0.25) is 0 Å². The molecule has 0 aliphatic rings. The topological polar surface area (TPSA) is 122 Å². The quantitative estimate of drug-likeness (QED) is 0.188. The Kier molecular flexibility index (Phi) is 3.59. The Hall–Kier alpha value is -2.38. The Morgan fingerprint density at radius 2 is 1.88 bits per heavy atom. The van der Waals surface area contributed by atoms with Gasteiger partial charge in [-0.05, 0) is 0 Å². The van der Waals surface area contributed by atoms with Gasteiger partial charge in [0.05, 0.1) is 0 Å². The highest BCUT2D eigenvalue weighted by Crippen LogP contribution is 1.95. The third kappa shape index (κ3) is 3.08. The van der Waals surface area contributed by atoms with Gasteiger partial charge in [-0.25, -0.2) is 4.57 Å². The Morgan fingerprint density at radius 1 is 1.31 bits per heavy atom. The maximum Gasteiger partial charge on any atom is 0.499 e.